The van der Waals surface area contributed by atoms with Gasteiger partial charge >= 0.3 is 0 Å². The van der Waals surface area contributed by atoms with Crippen molar-refractivity contribution >= 4 is 26.9 Å². The van der Waals surface area contributed by atoms with E-state index in [1.165, 1.54) is 22.5 Å². The van der Waals surface area contributed by atoms with Crippen LogP contribution in [-0.2, 0) is 10.0 Å². The van der Waals surface area contributed by atoms with E-state index in [1.807, 2.05) is 13.8 Å². The Morgan fingerprint density at radius 1 is 1.35 bits per heavy atom. The molecular weight excluding hydrogens is 340 g/mol. The number of carbonyl (C=O) groups excluding carboxylic acids is 1. The lowest BCUT2D eigenvalue weighted by molar-refractivity contribution is 0.107. The number of hydrogen-bond donors (Lipinski definition) is 1. The van der Waals surface area contributed by atoms with Crippen molar-refractivity contribution in [1.82, 2.24) is 9.62 Å². The lowest BCUT2D eigenvalue weighted by Gasteiger charge is -2.35. The average Bonchev–Trinajstić information content (AvgIpc) is 2.46. The predicted octanol–water partition coefficient (Wildman–Crippen LogP) is 1.84. The summed E-state index contributed by atoms with van der Waals surface area (Å²) in [4.78, 5) is 11.6. The summed E-state index contributed by atoms with van der Waals surface area (Å²) < 4.78 is 32.4. The number of ether oxygens (including phenoxy) is 1. The Bertz CT molecular complexity index is 683. The zero-order valence-corrected chi connectivity index (χ0v) is 14.9. The maximum Gasteiger partial charge on any atom is 0.256 e. The van der Waals surface area contributed by atoms with Crippen LogP contribution in [0.1, 0.15) is 31.1 Å². The highest BCUT2D eigenvalue weighted by Gasteiger charge is 2.32. The van der Waals surface area contributed by atoms with E-state index in [0.29, 0.717) is 19.7 Å². The topological polar surface area (TPSA) is 75.7 Å². The molecule has 1 aromatic carbocycles. The van der Waals surface area contributed by atoms with Gasteiger partial charge in [-0.1, -0.05) is 0 Å². The monoisotopic (exact) mass is 360 g/mol. The van der Waals surface area contributed by atoms with E-state index in [2.05, 4.69) is 5.32 Å². The van der Waals surface area contributed by atoms with E-state index < -0.39 is 15.3 Å². The molecule has 0 bridgehead atoms. The molecule has 0 radical (unpaired) electrons. The normalized spacial score (nSPS) is 22.8. The Morgan fingerprint density at radius 3 is 2.48 bits per heavy atom. The third-order valence-corrected chi connectivity index (χ3v) is 5.66. The third kappa shape index (κ3) is 4.03. The molecule has 0 saturated carbocycles. The fourth-order valence-electron chi connectivity index (χ4n) is 2.73. The maximum absolute atomic E-state index is 12.8. The first-order valence-corrected chi connectivity index (χ1v) is 9.30. The molecule has 8 heteroatoms. The van der Waals surface area contributed by atoms with Crippen LogP contribution in [0.15, 0.2) is 23.1 Å². The van der Waals surface area contributed by atoms with Gasteiger partial charge in [0.2, 0.25) is 10.0 Å². The summed E-state index contributed by atoms with van der Waals surface area (Å²) in [6, 6.07) is 4.32. The van der Waals surface area contributed by atoms with Crippen LogP contribution in [-0.4, -0.2) is 49.7 Å². The quantitative estimate of drug-likeness (QED) is 0.811. The summed E-state index contributed by atoms with van der Waals surface area (Å²) in [5.74, 6) is 0.286. The van der Waals surface area contributed by atoms with Crippen LogP contribution in [0.4, 0.5) is 0 Å². The predicted molar refractivity (Wildman–Crippen MR) is 88.6 cm³/mol. The van der Waals surface area contributed by atoms with Crippen LogP contribution in [0, 0.1) is 0 Å². The maximum atomic E-state index is 12.8. The first-order valence-electron chi connectivity index (χ1n) is 7.48. The van der Waals surface area contributed by atoms with Crippen molar-refractivity contribution in [1.29, 1.82) is 0 Å². The van der Waals surface area contributed by atoms with E-state index in [1.54, 1.807) is 6.92 Å². The lowest BCUT2D eigenvalue weighted by Crippen LogP contribution is -2.55. The van der Waals surface area contributed by atoms with Crippen molar-refractivity contribution in [2.24, 2.45) is 0 Å². The van der Waals surface area contributed by atoms with Gasteiger partial charge in [-0.05, 0) is 50.6 Å². The zero-order valence-electron chi connectivity index (χ0n) is 13.4. The first-order chi connectivity index (χ1) is 10.8. The number of carbonyl (C=O) groups is 1. The molecule has 1 aliphatic rings. The van der Waals surface area contributed by atoms with Crippen molar-refractivity contribution in [3.05, 3.63) is 23.8 Å². The smallest absolute Gasteiger partial charge is 0.256 e. The second-order valence-corrected chi connectivity index (χ2v) is 7.94. The average molecular weight is 361 g/mol. The molecule has 1 heterocycles. The van der Waals surface area contributed by atoms with Gasteiger partial charge in [0.1, 0.15) is 5.75 Å². The zero-order chi connectivity index (χ0) is 17.2. The van der Waals surface area contributed by atoms with Crippen molar-refractivity contribution in [3.63, 3.8) is 0 Å². The highest BCUT2D eigenvalue weighted by molar-refractivity contribution is 7.89. The van der Waals surface area contributed by atoms with Crippen LogP contribution in [0.5, 0.6) is 5.75 Å². The summed E-state index contributed by atoms with van der Waals surface area (Å²) in [5, 5.41) is 2.54. The molecule has 1 aliphatic heterocycles. The summed E-state index contributed by atoms with van der Waals surface area (Å²) in [6.07, 6.45) is 0. The molecule has 1 N–H and O–H groups in total. The Labute approximate surface area is 141 Å². The van der Waals surface area contributed by atoms with Gasteiger partial charge in [-0.15, -0.1) is 0 Å². The number of sulfonamides is 1. The first kappa shape index (κ1) is 18.2. The summed E-state index contributed by atoms with van der Waals surface area (Å²) >= 11 is 5.56. The van der Waals surface area contributed by atoms with Crippen LogP contribution < -0.4 is 10.1 Å². The minimum atomic E-state index is -3.69. The van der Waals surface area contributed by atoms with Crippen molar-refractivity contribution in [3.8, 4) is 5.75 Å². The highest BCUT2D eigenvalue weighted by Crippen LogP contribution is 2.27. The highest BCUT2D eigenvalue weighted by atomic mass is 35.5. The largest absolute Gasteiger partial charge is 0.493 e. The van der Waals surface area contributed by atoms with Gasteiger partial charge in [-0.25, -0.2) is 8.42 Å². The number of nitrogens with zero attached hydrogens (tertiary/aromatic N) is 1. The molecule has 0 amide bonds. The number of hydrogen-bond acceptors (Lipinski definition) is 5. The minimum absolute atomic E-state index is 0.0475. The molecule has 0 aliphatic carbocycles. The van der Waals surface area contributed by atoms with Gasteiger partial charge in [0.15, 0.2) is 0 Å². The minimum Gasteiger partial charge on any atom is -0.493 e. The van der Waals surface area contributed by atoms with E-state index in [-0.39, 0.29) is 28.3 Å². The lowest BCUT2D eigenvalue weighted by atomic mass is 10.2. The molecule has 23 heavy (non-hydrogen) atoms. The van der Waals surface area contributed by atoms with Crippen molar-refractivity contribution in [2.75, 3.05) is 19.7 Å². The summed E-state index contributed by atoms with van der Waals surface area (Å²) in [7, 11) is -3.69. The number of piperazine rings is 1. The van der Waals surface area contributed by atoms with Gasteiger partial charge in [-0.3, -0.25) is 4.79 Å². The summed E-state index contributed by atoms with van der Waals surface area (Å²) in [6.45, 7) is 6.76. The number of nitrogens with one attached hydrogen (secondary N) is 1. The molecule has 1 saturated heterocycles. The Morgan fingerprint density at radius 2 is 1.96 bits per heavy atom. The molecule has 1 aromatic rings. The van der Waals surface area contributed by atoms with Gasteiger partial charge in [-0.2, -0.15) is 4.31 Å². The molecular formula is C15H21ClN2O4S. The number of rotatable bonds is 5. The van der Waals surface area contributed by atoms with Gasteiger partial charge in [0.05, 0.1) is 17.1 Å². The van der Waals surface area contributed by atoms with Crippen LogP contribution >= 0.6 is 11.6 Å². The molecule has 2 rings (SSSR count). The Balaban J connectivity index is 2.40. The number of halogens is 1. The Hall–Kier alpha value is -1.15. The van der Waals surface area contributed by atoms with Crippen molar-refractivity contribution < 1.29 is 17.9 Å². The molecule has 0 unspecified atom stereocenters. The third-order valence-electron chi connectivity index (χ3n) is 3.62. The van der Waals surface area contributed by atoms with Gasteiger partial charge < -0.3 is 10.1 Å². The van der Waals surface area contributed by atoms with E-state index in [9.17, 15) is 13.2 Å². The fraction of sp³-hybridized carbons (Fsp3) is 0.533. The standard InChI is InChI=1S/C15H21ClN2O4S/c1-4-22-14-6-5-12(7-13(14)15(16)19)23(20,21)18-8-10(2)17-11(3)9-18/h5-7,10-11,17H,4,8-9H2,1-3H3/t10-,11+. The van der Waals surface area contributed by atoms with E-state index >= 15 is 0 Å². The fourth-order valence-corrected chi connectivity index (χ4v) is 4.52. The van der Waals surface area contributed by atoms with E-state index in [4.69, 9.17) is 16.3 Å². The molecule has 6 nitrogen and oxygen atoms in total. The molecule has 2 atom stereocenters. The van der Waals surface area contributed by atoms with Crippen LogP contribution in [0.25, 0.3) is 0 Å². The van der Waals surface area contributed by atoms with E-state index in [0.717, 1.165) is 0 Å². The Kier molecular flexibility index (Phi) is 5.67. The summed E-state index contributed by atoms with van der Waals surface area (Å²) in [5.41, 5.74) is 0.0609. The van der Waals surface area contributed by atoms with Gasteiger partial charge in [0, 0.05) is 25.2 Å². The molecule has 0 aromatic heterocycles. The molecule has 128 valence electrons. The van der Waals surface area contributed by atoms with Gasteiger partial charge in [0.25, 0.3) is 5.24 Å². The van der Waals surface area contributed by atoms with Crippen molar-refractivity contribution in [2.45, 2.75) is 37.8 Å². The van der Waals surface area contributed by atoms with Crippen LogP contribution in [0.3, 0.4) is 0 Å². The second kappa shape index (κ2) is 7.17. The van der Waals surface area contributed by atoms with Crippen LogP contribution in [0.2, 0.25) is 0 Å². The SMILES string of the molecule is CCOc1ccc(S(=O)(=O)N2C[C@@H](C)N[C@@H](C)C2)cc1C(=O)Cl. The molecule has 0 spiro atoms. The second-order valence-electron chi connectivity index (χ2n) is 5.66. The molecule has 1 fully saturated rings. The number of benzene rings is 1.